The maximum Gasteiger partial charge on any atom is 0.335 e. The van der Waals surface area contributed by atoms with Crippen LogP contribution in [0.4, 0.5) is 0 Å². The fraction of sp³-hybridized carbons (Fsp3) is 0.250. The summed E-state index contributed by atoms with van der Waals surface area (Å²) in [5.41, 5.74) is 0.759. The van der Waals surface area contributed by atoms with E-state index in [2.05, 4.69) is 0 Å². The van der Waals surface area contributed by atoms with Crippen molar-refractivity contribution in [3.63, 3.8) is 0 Å². The predicted molar refractivity (Wildman–Crippen MR) is 54.5 cm³/mol. The van der Waals surface area contributed by atoms with Crippen LogP contribution < -0.4 is 0 Å². The fourth-order valence-electron chi connectivity index (χ4n) is 0.928. The quantitative estimate of drug-likeness (QED) is 0.810. The highest BCUT2D eigenvalue weighted by Crippen LogP contribution is 2.11. The van der Waals surface area contributed by atoms with E-state index in [1.165, 1.54) is 7.05 Å². The van der Waals surface area contributed by atoms with E-state index < -0.39 is 10.3 Å². The van der Waals surface area contributed by atoms with Crippen molar-refractivity contribution in [3.8, 4) is 0 Å². The van der Waals surface area contributed by atoms with Gasteiger partial charge in [-0.05, 0) is 17.7 Å². The van der Waals surface area contributed by atoms with Crippen LogP contribution in [0.1, 0.15) is 5.56 Å². The van der Waals surface area contributed by atoms with Crippen molar-refractivity contribution < 1.29 is 13.0 Å². The van der Waals surface area contributed by atoms with Crippen molar-refractivity contribution in [1.82, 2.24) is 4.31 Å². The van der Waals surface area contributed by atoms with Gasteiger partial charge in [0.2, 0.25) is 0 Å². The van der Waals surface area contributed by atoms with Crippen LogP contribution in [0, 0.1) is 0 Å². The molecule has 0 heterocycles. The van der Waals surface area contributed by atoms with Crippen molar-refractivity contribution in [1.29, 1.82) is 0 Å². The predicted octanol–water partition coefficient (Wildman–Crippen LogP) is 1.57. The average molecular weight is 236 g/mol. The van der Waals surface area contributed by atoms with Crippen molar-refractivity contribution in [2.24, 2.45) is 0 Å². The molecule has 14 heavy (non-hydrogen) atoms. The van der Waals surface area contributed by atoms with Crippen LogP contribution in [0.3, 0.4) is 0 Å². The summed E-state index contributed by atoms with van der Waals surface area (Å²) >= 11 is 5.66. The van der Waals surface area contributed by atoms with Gasteiger partial charge in [-0.2, -0.15) is 12.7 Å². The molecular weight excluding hydrogens is 226 g/mol. The standard InChI is InChI=1S/C8H10ClNO3S/c1-10(14(11,12)13)6-7-2-4-8(9)5-3-7/h2-5H,6H2,1H3,(H,11,12,13). The molecule has 0 bridgehead atoms. The van der Waals surface area contributed by atoms with Gasteiger partial charge in [-0.15, -0.1) is 0 Å². The minimum absolute atomic E-state index is 0.121. The highest BCUT2D eigenvalue weighted by molar-refractivity contribution is 7.83. The largest absolute Gasteiger partial charge is 0.335 e. The van der Waals surface area contributed by atoms with Crippen LogP contribution in [0.2, 0.25) is 5.02 Å². The molecule has 0 aromatic heterocycles. The zero-order valence-corrected chi connectivity index (χ0v) is 9.09. The molecule has 0 amide bonds. The van der Waals surface area contributed by atoms with E-state index in [1.54, 1.807) is 24.3 Å². The molecule has 0 fully saturated rings. The Bertz CT molecular complexity index is 401. The molecule has 0 atom stereocenters. The van der Waals surface area contributed by atoms with Crippen LogP contribution >= 0.6 is 11.6 Å². The van der Waals surface area contributed by atoms with Gasteiger partial charge in [-0.3, -0.25) is 4.55 Å². The van der Waals surface area contributed by atoms with Gasteiger partial charge in [0.1, 0.15) is 0 Å². The van der Waals surface area contributed by atoms with Crippen LogP contribution in [0.25, 0.3) is 0 Å². The normalized spacial score (nSPS) is 12.0. The van der Waals surface area contributed by atoms with Crippen molar-refractivity contribution in [3.05, 3.63) is 34.9 Å². The molecule has 0 saturated carbocycles. The van der Waals surface area contributed by atoms with Gasteiger partial charge in [0, 0.05) is 18.6 Å². The van der Waals surface area contributed by atoms with E-state index >= 15 is 0 Å². The second-order valence-corrected chi connectivity index (χ2v) is 4.82. The van der Waals surface area contributed by atoms with Gasteiger partial charge in [0.05, 0.1) is 0 Å². The Hall–Kier alpha value is -0.620. The van der Waals surface area contributed by atoms with Gasteiger partial charge in [0.15, 0.2) is 0 Å². The molecule has 0 spiro atoms. The van der Waals surface area contributed by atoms with E-state index in [-0.39, 0.29) is 6.54 Å². The van der Waals surface area contributed by atoms with E-state index in [1.807, 2.05) is 0 Å². The number of hydrogen-bond acceptors (Lipinski definition) is 2. The summed E-state index contributed by atoms with van der Waals surface area (Å²) in [6.45, 7) is 0.121. The first-order chi connectivity index (χ1) is 6.39. The van der Waals surface area contributed by atoms with Crippen LogP contribution in [-0.4, -0.2) is 24.3 Å². The molecule has 6 heteroatoms. The molecule has 1 rings (SSSR count). The molecule has 0 saturated heterocycles. The highest BCUT2D eigenvalue weighted by Gasteiger charge is 2.12. The summed E-state index contributed by atoms with van der Waals surface area (Å²) in [6.07, 6.45) is 0. The first kappa shape index (κ1) is 11.5. The molecule has 1 aromatic rings. The van der Waals surface area contributed by atoms with Crippen LogP contribution in [-0.2, 0) is 16.8 Å². The van der Waals surface area contributed by atoms with Crippen LogP contribution in [0.5, 0.6) is 0 Å². The summed E-state index contributed by atoms with van der Waals surface area (Å²) in [5.74, 6) is 0. The van der Waals surface area contributed by atoms with Gasteiger partial charge in [0.25, 0.3) is 0 Å². The zero-order chi connectivity index (χ0) is 10.8. The Labute approximate surface area is 88.0 Å². The Balaban J connectivity index is 2.75. The molecule has 78 valence electrons. The van der Waals surface area contributed by atoms with Crippen molar-refractivity contribution >= 4 is 21.9 Å². The lowest BCUT2D eigenvalue weighted by molar-refractivity contribution is 0.384. The Kier molecular flexibility index (Phi) is 3.49. The van der Waals surface area contributed by atoms with E-state index in [0.717, 1.165) is 9.87 Å². The third-order valence-electron chi connectivity index (χ3n) is 1.71. The molecule has 0 radical (unpaired) electrons. The third kappa shape index (κ3) is 3.26. The highest BCUT2D eigenvalue weighted by atomic mass is 35.5. The average Bonchev–Trinajstić information content (AvgIpc) is 2.07. The number of nitrogens with zero attached hydrogens (tertiary/aromatic N) is 1. The summed E-state index contributed by atoms with van der Waals surface area (Å²) in [4.78, 5) is 0. The van der Waals surface area contributed by atoms with Gasteiger partial charge in [-0.1, -0.05) is 23.7 Å². The molecule has 4 nitrogen and oxygen atoms in total. The molecular formula is C8H10ClNO3S. The van der Waals surface area contributed by atoms with Crippen LogP contribution in [0.15, 0.2) is 24.3 Å². The fourth-order valence-corrected chi connectivity index (χ4v) is 1.37. The number of hydrogen-bond donors (Lipinski definition) is 1. The summed E-state index contributed by atoms with van der Waals surface area (Å²) < 4.78 is 30.8. The maximum absolute atomic E-state index is 10.7. The number of rotatable bonds is 3. The summed E-state index contributed by atoms with van der Waals surface area (Å²) in [5, 5.41) is 0.586. The minimum Gasteiger partial charge on any atom is -0.273 e. The van der Waals surface area contributed by atoms with Crippen molar-refractivity contribution in [2.75, 3.05) is 7.05 Å². The monoisotopic (exact) mass is 235 g/mol. The second kappa shape index (κ2) is 4.27. The lowest BCUT2D eigenvalue weighted by Crippen LogP contribution is -2.25. The molecule has 0 aliphatic rings. The topological polar surface area (TPSA) is 57.6 Å². The third-order valence-corrected chi connectivity index (χ3v) is 2.88. The number of benzene rings is 1. The smallest absolute Gasteiger partial charge is 0.273 e. The lowest BCUT2D eigenvalue weighted by Gasteiger charge is -2.12. The van der Waals surface area contributed by atoms with Crippen molar-refractivity contribution in [2.45, 2.75) is 6.54 Å². The maximum atomic E-state index is 10.7. The Morgan fingerprint density at radius 3 is 2.29 bits per heavy atom. The number of halogens is 1. The minimum atomic E-state index is -4.11. The van der Waals surface area contributed by atoms with E-state index in [4.69, 9.17) is 16.2 Å². The summed E-state index contributed by atoms with van der Waals surface area (Å²) in [6, 6.07) is 6.72. The first-order valence-corrected chi connectivity index (χ1v) is 5.60. The zero-order valence-electron chi connectivity index (χ0n) is 7.51. The first-order valence-electron chi connectivity index (χ1n) is 3.83. The molecule has 0 aliphatic heterocycles. The van der Waals surface area contributed by atoms with E-state index in [9.17, 15) is 8.42 Å². The van der Waals surface area contributed by atoms with E-state index in [0.29, 0.717) is 5.02 Å². The second-order valence-electron chi connectivity index (χ2n) is 2.86. The SMILES string of the molecule is CN(Cc1ccc(Cl)cc1)S(=O)(=O)O. The van der Waals surface area contributed by atoms with Gasteiger partial charge >= 0.3 is 10.3 Å². The Morgan fingerprint density at radius 1 is 1.36 bits per heavy atom. The van der Waals surface area contributed by atoms with Gasteiger partial charge < -0.3 is 0 Å². The Morgan fingerprint density at radius 2 is 1.86 bits per heavy atom. The molecule has 1 aromatic carbocycles. The summed E-state index contributed by atoms with van der Waals surface area (Å²) in [7, 11) is -2.82. The molecule has 1 N–H and O–H groups in total. The van der Waals surface area contributed by atoms with Gasteiger partial charge in [-0.25, -0.2) is 0 Å². The lowest BCUT2D eigenvalue weighted by atomic mass is 10.2. The molecule has 0 aliphatic carbocycles. The molecule has 0 unspecified atom stereocenters.